The molecule has 1 aromatic rings. The molecule has 1 aromatic carbocycles. The average Bonchev–Trinajstić information content (AvgIpc) is 2.15. The molecule has 0 heterocycles. The fourth-order valence-corrected chi connectivity index (χ4v) is 1.17. The Kier molecular flexibility index (Phi) is 3.16. The van der Waals surface area contributed by atoms with E-state index in [1.165, 1.54) is 12.1 Å². The van der Waals surface area contributed by atoms with Crippen molar-refractivity contribution < 1.29 is 20.4 Å². The van der Waals surface area contributed by atoms with Gasteiger partial charge >= 0.3 is 0 Å². The first-order chi connectivity index (χ1) is 6.57. The molecule has 0 fully saturated rings. The Balaban J connectivity index is 3.04. The number of phenolic OH excluding ortho intramolecular Hbond substituents is 3. The van der Waals surface area contributed by atoms with Gasteiger partial charge in [-0.15, -0.1) is 0 Å². The molecule has 0 unspecified atom stereocenters. The third kappa shape index (κ3) is 1.89. The highest BCUT2D eigenvalue weighted by molar-refractivity contribution is 5.53. The van der Waals surface area contributed by atoms with Gasteiger partial charge < -0.3 is 26.2 Å². The van der Waals surface area contributed by atoms with Crippen LogP contribution in [-0.2, 0) is 0 Å². The fraction of sp³-hybridized carbons (Fsp3) is 0.333. The molecule has 0 saturated carbocycles. The number of aromatic hydroxyl groups is 3. The summed E-state index contributed by atoms with van der Waals surface area (Å²) in [5.41, 5.74) is 5.39. The summed E-state index contributed by atoms with van der Waals surface area (Å²) in [5.74, 6) is -1.56. The Morgan fingerprint density at radius 1 is 1.14 bits per heavy atom. The number of hydrogen-bond acceptors (Lipinski definition) is 5. The van der Waals surface area contributed by atoms with E-state index in [0.717, 1.165) is 0 Å². The Morgan fingerprint density at radius 2 is 1.79 bits per heavy atom. The van der Waals surface area contributed by atoms with Gasteiger partial charge in [0.2, 0.25) is 5.75 Å². The van der Waals surface area contributed by atoms with Gasteiger partial charge in [-0.05, 0) is 25.1 Å². The van der Waals surface area contributed by atoms with Crippen molar-refractivity contribution in [2.45, 2.75) is 12.5 Å². The lowest BCUT2D eigenvalue weighted by Crippen LogP contribution is -2.06. The largest absolute Gasteiger partial charge is 0.504 e. The molecule has 0 saturated heterocycles. The first-order valence-electron chi connectivity index (χ1n) is 4.19. The Hall–Kier alpha value is -1.46. The monoisotopic (exact) mass is 199 g/mol. The highest BCUT2D eigenvalue weighted by Crippen LogP contribution is 2.40. The van der Waals surface area contributed by atoms with Gasteiger partial charge in [-0.3, -0.25) is 0 Å². The minimum absolute atomic E-state index is 0.158. The molecule has 0 aromatic heterocycles. The number of aliphatic hydroxyl groups excluding tert-OH is 1. The molecule has 1 rings (SSSR count). The van der Waals surface area contributed by atoms with Crippen LogP contribution < -0.4 is 5.73 Å². The van der Waals surface area contributed by atoms with E-state index in [9.17, 15) is 10.2 Å². The molecule has 0 amide bonds. The van der Waals surface area contributed by atoms with Crippen LogP contribution in [0.15, 0.2) is 12.1 Å². The van der Waals surface area contributed by atoms with Gasteiger partial charge in [-0.1, -0.05) is 0 Å². The number of rotatable bonds is 3. The van der Waals surface area contributed by atoms with Gasteiger partial charge in [0.25, 0.3) is 0 Å². The van der Waals surface area contributed by atoms with E-state index in [-0.39, 0.29) is 18.5 Å². The number of hydrogen-bond donors (Lipinski definition) is 5. The van der Waals surface area contributed by atoms with Crippen molar-refractivity contribution in [2.75, 3.05) is 6.54 Å². The minimum Gasteiger partial charge on any atom is -0.504 e. The zero-order chi connectivity index (χ0) is 10.7. The van der Waals surface area contributed by atoms with Crippen LogP contribution in [-0.4, -0.2) is 27.0 Å². The number of benzene rings is 1. The summed E-state index contributed by atoms with van der Waals surface area (Å²) in [5, 5.41) is 37.0. The first-order valence-corrected chi connectivity index (χ1v) is 4.19. The number of nitrogens with two attached hydrogens (primary N) is 1. The minimum atomic E-state index is -0.938. The van der Waals surface area contributed by atoms with Gasteiger partial charge in [-0.2, -0.15) is 0 Å². The summed E-state index contributed by atoms with van der Waals surface area (Å²) >= 11 is 0. The van der Waals surface area contributed by atoms with Gasteiger partial charge in [0.1, 0.15) is 0 Å². The highest BCUT2D eigenvalue weighted by Gasteiger charge is 2.16. The molecule has 6 N–H and O–H groups in total. The lowest BCUT2D eigenvalue weighted by molar-refractivity contribution is 0.165. The molecule has 14 heavy (non-hydrogen) atoms. The Bertz CT molecular complexity index is 327. The SMILES string of the molecule is NCC[C@@H](O)c1ccc(O)c(O)c1O. The molecule has 78 valence electrons. The van der Waals surface area contributed by atoms with E-state index in [2.05, 4.69) is 0 Å². The second-order valence-electron chi connectivity index (χ2n) is 2.96. The molecule has 0 aliphatic carbocycles. The first kappa shape index (κ1) is 10.6. The predicted octanol–water partition coefficient (Wildman–Crippen LogP) is 0.186. The van der Waals surface area contributed by atoms with E-state index in [4.69, 9.17) is 15.9 Å². The molecule has 0 spiro atoms. The van der Waals surface area contributed by atoms with Crippen LogP contribution in [0.1, 0.15) is 18.1 Å². The molecule has 0 aliphatic heterocycles. The molecule has 0 aliphatic rings. The molecule has 0 radical (unpaired) electrons. The summed E-state index contributed by atoms with van der Waals surface area (Å²) in [7, 11) is 0. The molecular weight excluding hydrogens is 186 g/mol. The van der Waals surface area contributed by atoms with E-state index >= 15 is 0 Å². The quantitative estimate of drug-likeness (QED) is 0.446. The summed E-state index contributed by atoms with van der Waals surface area (Å²) in [6.07, 6.45) is -0.663. The van der Waals surface area contributed by atoms with E-state index < -0.39 is 23.4 Å². The summed E-state index contributed by atoms with van der Waals surface area (Å²) in [6, 6.07) is 2.54. The van der Waals surface area contributed by atoms with Crippen molar-refractivity contribution in [1.29, 1.82) is 0 Å². The number of aliphatic hydroxyl groups is 1. The maximum atomic E-state index is 9.48. The van der Waals surface area contributed by atoms with Crippen LogP contribution in [0.4, 0.5) is 0 Å². The molecule has 0 bridgehead atoms. The van der Waals surface area contributed by atoms with Crippen LogP contribution in [0.2, 0.25) is 0 Å². The maximum Gasteiger partial charge on any atom is 0.200 e. The Labute approximate surface area is 81.0 Å². The predicted molar refractivity (Wildman–Crippen MR) is 50.1 cm³/mol. The van der Waals surface area contributed by atoms with Crippen LogP contribution in [0.5, 0.6) is 17.2 Å². The third-order valence-corrected chi connectivity index (χ3v) is 1.96. The second-order valence-corrected chi connectivity index (χ2v) is 2.96. The van der Waals surface area contributed by atoms with Gasteiger partial charge in [0, 0.05) is 5.56 Å². The van der Waals surface area contributed by atoms with Crippen molar-refractivity contribution in [1.82, 2.24) is 0 Å². The Morgan fingerprint density at radius 3 is 2.36 bits per heavy atom. The standard InChI is InChI=1S/C9H13NO4/c10-4-3-6(11)5-1-2-7(12)9(14)8(5)13/h1-2,6,11-14H,3-4,10H2/t6-/m1/s1. The van der Waals surface area contributed by atoms with Crippen LogP contribution in [0, 0.1) is 0 Å². The molecular formula is C9H13NO4. The van der Waals surface area contributed by atoms with Crippen molar-refractivity contribution >= 4 is 0 Å². The molecule has 1 atom stereocenters. The van der Waals surface area contributed by atoms with Gasteiger partial charge in [0.05, 0.1) is 6.10 Å². The van der Waals surface area contributed by atoms with Crippen molar-refractivity contribution in [2.24, 2.45) is 5.73 Å². The topological polar surface area (TPSA) is 107 Å². The fourth-order valence-electron chi connectivity index (χ4n) is 1.17. The lowest BCUT2D eigenvalue weighted by Gasteiger charge is -2.12. The van der Waals surface area contributed by atoms with Gasteiger partial charge in [-0.25, -0.2) is 0 Å². The molecule has 5 nitrogen and oxygen atoms in total. The molecule has 5 heteroatoms. The van der Waals surface area contributed by atoms with Crippen LogP contribution in [0.25, 0.3) is 0 Å². The average molecular weight is 199 g/mol. The van der Waals surface area contributed by atoms with E-state index in [1.54, 1.807) is 0 Å². The van der Waals surface area contributed by atoms with Gasteiger partial charge in [0.15, 0.2) is 11.5 Å². The zero-order valence-electron chi connectivity index (χ0n) is 7.51. The normalized spacial score (nSPS) is 12.7. The zero-order valence-corrected chi connectivity index (χ0v) is 7.51. The van der Waals surface area contributed by atoms with Crippen LogP contribution >= 0.6 is 0 Å². The van der Waals surface area contributed by atoms with Crippen molar-refractivity contribution in [3.8, 4) is 17.2 Å². The highest BCUT2D eigenvalue weighted by atomic mass is 16.3. The van der Waals surface area contributed by atoms with E-state index in [1.807, 2.05) is 0 Å². The van der Waals surface area contributed by atoms with Crippen molar-refractivity contribution in [3.63, 3.8) is 0 Å². The summed E-state index contributed by atoms with van der Waals surface area (Å²) in [4.78, 5) is 0. The van der Waals surface area contributed by atoms with Crippen molar-refractivity contribution in [3.05, 3.63) is 17.7 Å². The maximum absolute atomic E-state index is 9.48. The lowest BCUT2D eigenvalue weighted by atomic mass is 10.0. The van der Waals surface area contributed by atoms with Crippen LogP contribution in [0.3, 0.4) is 0 Å². The van der Waals surface area contributed by atoms with E-state index in [0.29, 0.717) is 0 Å². The second kappa shape index (κ2) is 4.17. The third-order valence-electron chi connectivity index (χ3n) is 1.96. The smallest absolute Gasteiger partial charge is 0.200 e. The number of phenols is 3. The summed E-state index contributed by atoms with van der Waals surface area (Å²) in [6.45, 7) is 0.266. The summed E-state index contributed by atoms with van der Waals surface area (Å²) < 4.78 is 0.